The molecule has 1 aliphatic carbocycles. The molecule has 0 amide bonds. The highest BCUT2D eigenvalue weighted by atomic mass is 17.0. The molecular formula is C9H14N2O3. The van der Waals surface area contributed by atoms with Crippen LogP contribution in [0.25, 0.3) is 0 Å². The minimum Gasteiger partial charge on any atom is -0.295 e. The Hall–Kier alpha value is -0.840. The van der Waals surface area contributed by atoms with Crippen molar-refractivity contribution in [3.05, 3.63) is 10.1 Å². The number of hydrogen-bond acceptors (Lipinski definition) is 4. The first-order valence-corrected chi connectivity index (χ1v) is 5.27. The van der Waals surface area contributed by atoms with E-state index in [2.05, 4.69) is 4.90 Å². The second kappa shape index (κ2) is 2.82. The molecule has 4 rings (SSSR count). The van der Waals surface area contributed by atoms with Crippen LogP contribution in [-0.4, -0.2) is 29.3 Å². The van der Waals surface area contributed by atoms with Crippen molar-refractivity contribution < 1.29 is 9.92 Å². The van der Waals surface area contributed by atoms with Gasteiger partial charge in [0.1, 0.15) is 0 Å². The fourth-order valence-corrected chi connectivity index (χ4v) is 3.63. The molecule has 78 valence electrons. The van der Waals surface area contributed by atoms with Gasteiger partial charge in [0.15, 0.2) is 6.23 Å². The molecule has 3 atom stereocenters. The van der Waals surface area contributed by atoms with E-state index in [0.717, 1.165) is 37.8 Å². The third kappa shape index (κ3) is 1.19. The van der Waals surface area contributed by atoms with Gasteiger partial charge < -0.3 is 0 Å². The molecule has 5 heteroatoms. The smallest absolute Gasteiger partial charge is 0.295 e. The second-order valence-electron chi connectivity index (χ2n) is 4.87. The van der Waals surface area contributed by atoms with Crippen molar-refractivity contribution in [2.75, 3.05) is 13.1 Å². The maximum atomic E-state index is 10.3. The van der Waals surface area contributed by atoms with Crippen LogP contribution in [0.1, 0.15) is 19.3 Å². The van der Waals surface area contributed by atoms with Gasteiger partial charge >= 0.3 is 0 Å². The molecule has 1 saturated carbocycles. The van der Waals surface area contributed by atoms with Gasteiger partial charge in [0, 0.05) is 13.1 Å². The van der Waals surface area contributed by atoms with E-state index in [4.69, 9.17) is 4.84 Å². The summed E-state index contributed by atoms with van der Waals surface area (Å²) in [4.78, 5) is 17.3. The maximum absolute atomic E-state index is 10.3. The van der Waals surface area contributed by atoms with Crippen molar-refractivity contribution in [1.82, 2.24) is 4.90 Å². The van der Waals surface area contributed by atoms with E-state index in [1.165, 1.54) is 6.42 Å². The van der Waals surface area contributed by atoms with E-state index in [-0.39, 0.29) is 6.23 Å². The van der Waals surface area contributed by atoms with E-state index in [1.54, 1.807) is 0 Å². The topological polar surface area (TPSA) is 55.6 Å². The fourth-order valence-electron chi connectivity index (χ4n) is 3.63. The fraction of sp³-hybridized carbons (Fsp3) is 1.00. The predicted molar refractivity (Wildman–Crippen MR) is 47.8 cm³/mol. The molecule has 0 aromatic rings. The lowest BCUT2D eigenvalue weighted by molar-refractivity contribution is -0.779. The SMILES string of the molecule is O=[N+]([O-])OC1C2CC3CC(C2)CN1C3. The van der Waals surface area contributed by atoms with Crippen molar-refractivity contribution in [2.45, 2.75) is 25.5 Å². The lowest BCUT2D eigenvalue weighted by Crippen LogP contribution is -2.60. The van der Waals surface area contributed by atoms with Crippen LogP contribution in [0.15, 0.2) is 0 Å². The quantitative estimate of drug-likeness (QED) is 0.488. The third-order valence-corrected chi connectivity index (χ3v) is 3.88. The van der Waals surface area contributed by atoms with Gasteiger partial charge in [0.2, 0.25) is 0 Å². The molecule has 5 nitrogen and oxygen atoms in total. The number of rotatable bonds is 2. The van der Waals surface area contributed by atoms with Gasteiger partial charge in [-0.05, 0) is 37.0 Å². The Kier molecular flexibility index (Phi) is 1.71. The molecule has 0 aromatic heterocycles. The molecule has 0 aromatic carbocycles. The standard InChI is InChI=1S/C9H14N2O3/c12-11(13)14-9-8-2-6-1-7(3-8)5-10(9)4-6/h6-9H,1-5H2. The molecule has 3 unspecified atom stereocenters. The zero-order chi connectivity index (χ0) is 9.71. The van der Waals surface area contributed by atoms with Crippen molar-refractivity contribution in [2.24, 2.45) is 17.8 Å². The number of piperidine rings is 3. The van der Waals surface area contributed by atoms with Crippen LogP contribution in [0.5, 0.6) is 0 Å². The highest BCUT2D eigenvalue weighted by Crippen LogP contribution is 2.46. The average molecular weight is 198 g/mol. The Morgan fingerprint density at radius 2 is 1.86 bits per heavy atom. The monoisotopic (exact) mass is 198 g/mol. The summed E-state index contributed by atoms with van der Waals surface area (Å²) < 4.78 is 0. The summed E-state index contributed by atoms with van der Waals surface area (Å²) >= 11 is 0. The van der Waals surface area contributed by atoms with Crippen LogP contribution >= 0.6 is 0 Å². The third-order valence-electron chi connectivity index (χ3n) is 3.88. The summed E-state index contributed by atoms with van der Waals surface area (Å²) in [5.74, 6) is 1.96. The Morgan fingerprint density at radius 1 is 1.21 bits per heavy atom. The molecule has 3 aliphatic heterocycles. The van der Waals surface area contributed by atoms with Crippen LogP contribution in [0.3, 0.4) is 0 Å². The van der Waals surface area contributed by atoms with Crippen LogP contribution < -0.4 is 0 Å². The summed E-state index contributed by atoms with van der Waals surface area (Å²) in [7, 11) is 0. The van der Waals surface area contributed by atoms with E-state index >= 15 is 0 Å². The van der Waals surface area contributed by atoms with Crippen molar-refractivity contribution in [3.63, 3.8) is 0 Å². The number of hydrogen-bond donors (Lipinski definition) is 0. The highest BCUT2D eigenvalue weighted by molar-refractivity contribution is 4.96. The summed E-state index contributed by atoms with van der Waals surface area (Å²) in [5, 5.41) is 9.72. The van der Waals surface area contributed by atoms with Gasteiger partial charge in [-0.2, -0.15) is 0 Å². The minimum absolute atomic E-state index is 0.238. The van der Waals surface area contributed by atoms with Gasteiger partial charge in [0.05, 0.1) is 0 Å². The average Bonchev–Trinajstić information content (AvgIpc) is 2.09. The zero-order valence-electron chi connectivity index (χ0n) is 7.96. The second-order valence-corrected chi connectivity index (χ2v) is 4.87. The molecular weight excluding hydrogens is 184 g/mol. The predicted octanol–water partition coefficient (Wildman–Crippen LogP) is 0.882. The molecule has 3 saturated heterocycles. The molecule has 4 bridgehead atoms. The molecule has 4 aliphatic rings. The molecule has 0 radical (unpaired) electrons. The van der Waals surface area contributed by atoms with E-state index in [1.807, 2.05) is 0 Å². The van der Waals surface area contributed by atoms with Gasteiger partial charge in [-0.25, -0.2) is 0 Å². The van der Waals surface area contributed by atoms with E-state index in [0.29, 0.717) is 5.92 Å². The Labute approximate surface area is 82.1 Å². The Morgan fingerprint density at radius 3 is 2.36 bits per heavy atom. The molecule has 4 fully saturated rings. The summed E-state index contributed by atoms with van der Waals surface area (Å²) in [6, 6.07) is 0. The van der Waals surface area contributed by atoms with Crippen molar-refractivity contribution in [1.29, 1.82) is 0 Å². The van der Waals surface area contributed by atoms with Crippen molar-refractivity contribution in [3.8, 4) is 0 Å². The molecule has 14 heavy (non-hydrogen) atoms. The number of nitrogens with zero attached hydrogens (tertiary/aromatic N) is 2. The maximum Gasteiger partial charge on any atom is 0.296 e. The van der Waals surface area contributed by atoms with Crippen LogP contribution in [-0.2, 0) is 4.84 Å². The first kappa shape index (κ1) is 8.47. The first-order chi connectivity index (χ1) is 6.72. The van der Waals surface area contributed by atoms with Crippen LogP contribution in [0, 0.1) is 27.9 Å². The normalized spacial score (nSPS) is 49.3. The van der Waals surface area contributed by atoms with E-state index in [9.17, 15) is 10.1 Å². The Bertz CT molecular complexity index is 241. The largest absolute Gasteiger partial charge is 0.296 e. The van der Waals surface area contributed by atoms with Gasteiger partial charge in [0.25, 0.3) is 5.09 Å². The molecule has 0 spiro atoms. The van der Waals surface area contributed by atoms with Gasteiger partial charge in [-0.1, -0.05) is 0 Å². The molecule has 3 heterocycles. The van der Waals surface area contributed by atoms with E-state index < -0.39 is 5.09 Å². The summed E-state index contributed by atoms with van der Waals surface area (Å²) in [6.07, 6.45) is 3.35. The van der Waals surface area contributed by atoms with Gasteiger partial charge in [-0.15, -0.1) is 10.1 Å². The summed E-state index contributed by atoms with van der Waals surface area (Å²) in [5.41, 5.74) is 0. The summed E-state index contributed by atoms with van der Waals surface area (Å²) in [6.45, 7) is 2.01. The lowest BCUT2D eigenvalue weighted by Gasteiger charge is -2.54. The Balaban J connectivity index is 1.77. The van der Waals surface area contributed by atoms with Crippen molar-refractivity contribution >= 4 is 0 Å². The zero-order valence-corrected chi connectivity index (χ0v) is 7.96. The lowest BCUT2D eigenvalue weighted by atomic mass is 9.67. The molecule has 0 N–H and O–H groups in total. The highest BCUT2D eigenvalue weighted by Gasteiger charge is 2.48. The minimum atomic E-state index is -0.632. The first-order valence-electron chi connectivity index (χ1n) is 5.27. The van der Waals surface area contributed by atoms with Crippen LogP contribution in [0.2, 0.25) is 0 Å². The van der Waals surface area contributed by atoms with Crippen LogP contribution in [0.4, 0.5) is 0 Å². The van der Waals surface area contributed by atoms with Gasteiger partial charge in [-0.3, -0.25) is 9.74 Å².